The van der Waals surface area contributed by atoms with Crippen LogP contribution >= 0.6 is 39.1 Å². The zero-order valence-electron chi connectivity index (χ0n) is 9.88. The van der Waals surface area contributed by atoms with Crippen LogP contribution in [0.3, 0.4) is 0 Å². The Morgan fingerprint density at radius 3 is 2.45 bits per heavy atom. The van der Waals surface area contributed by atoms with Gasteiger partial charge in [-0.25, -0.2) is 9.18 Å². The summed E-state index contributed by atoms with van der Waals surface area (Å²) in [5.41, 5.74) is 0.401. The fourth-order valence-electron chi connectivity index (χ4n) is 1.46. The van der Waals surface area contributed by atoms with E-state index in [2.05, 4.69) is 26.6 Å². The standard InChI is InChI=1S/C13H8BrCl2FN2O/c14-7-1-4-11(10(17)5-7)18-13(20)19-12-6-8(15)2-3-9(12)16/h1-6H,(H2,18,19,20). The van der Waals surface area contributed by atoms with Crippen molar-refractivity contribution in [3.05, 3.63) is 56.7 Å². The monoisotopic (exact) mass is 376 g/mol. The van der Waals surface area contributed by atoms with Gasteiger partial charge in [-0.05, 0) is 36.4 Å². The molecule has 0 spiro atoms. The van der Waals surface area contributed by atoms with E-state index in [0.29, 0.717) is 20.2 Å². The Labute approximate surface area is 133 Å². The van der Waals surface area contributed by atoms with Gasteiger partial charge in [-0.3, -0.25) is 0 Å². The molecule has 0 radical (unpaired) electrons. The molecule has 0 heterocycles. The molecule has 2 aromatic rings. The second-order valence-corrected chi connectivity index (χ2v) is 5.59. The van der Waals surface area contributed by atoms with Crippen molar-refractivity contribution in [2.24, 2.45) is 0 Å². The predicted octanol–water partition coefficient (Wildman–Crippen LogP) is 5.54. The number of amides is 2. The van der Waals surface area contributed by atoms with E-state index in [1.54, 1.807) is 18.2 Å². The number of halogens is 4. The maximum Gasteiger partial charge on any atom is 0.323 e. The second kappa shape index (κ2) is 6.43. The lowest BCUT2D eigenvalue weighted by molar-refractivity contribution is 0.262. The number of anilines is 2. The highest BCUT2D eigenvalue weighted by Crippen LogP contribution is 2.26. The Morgan fingerprint density at radius 2 is 1.75 bits per heavy atom. The molecule has 2 aromatic carbocycles. The van der Waals surface area contributed by atoms with Crippen molar-refractivity contribution < 1.29 is 9.18 Å². The number of carbonyl (C=O) groups is 1. The van der Waals surface area contributed by atoms with E-state index in [1.807, 2.05) is 0 Å². The maximum absolute atomic E-state index is 13.6. The minimum absolute atomic E-state index is 0.0591. The van der Waals surface area contributed by atoms with Gasteiger partial charge < -0.3 is 10.6 Å². The molecule has 0 aliphatic carbocycles. The SMILES string of the molecule is O=C(Nc1ccc(Br)cc1F)Nc1cc(Cl)ccc1Cl. The quantitative estimate of drug-likeness (QED) is 0.708. The largest absolute Gasteiger partial charge is 0.323 e. The van der Waals surface area contributed by atoms with Gasteiger partial charge in [-0.2, -0.15) is 0 Å². The van der Waals surface area contributed by atoms with Crippen molar-refractivity contribution in [2.75, 3.05) is 10.6 Å². The van der Waals surface area contributed by atoms with Gasteiger partial charge in [0.2, 0.25) is 0 Å². The molecule has 0 saturated carbocycles. The Morgan fingerprint density at radius 1 is 1.05 bits per heavy atom. The van der Waals surface area contributed by atoms with Crippen LogP contribution in [0.2, 0.25) is 10.0 Å². The molecule has 0 saturated heterocycles. The summed E-state index contributed by atoms with van der Waals surface area (Å²) in [6.07, 6.45) is 0. The summed E-state index contributed by atoms with van der Waals surface area (Å²) in [6, 6.07) is 8.35. The number of benzene rings is 2. The Kier molecular flexibility index (Phi) is 4.86. The van der Waals surface area contributed by atoms with E-state index < -0.39 is 11.8 Å². The average molecular weight is 378 g/mol. The summed E-state index contributed by atoms with van der Waals surface area (Å²) in [5, 5.41) is 5.65. The van der Waals surface area contributed by atoms with Crippen LogP contribution in [-0.2, 0) is 0 Å². The molecule has 2 N–H and O–H groups in total. The number of hydrogen-bond donors (Lipinski definition) is 2. The topological polar surface area (TPSA) is 41.1 Å². The number of hydrogen-bond acceptors (Lipinski definition) is 1. The maximum atomic E-state index is 13.6. The molecule has 7 heteroatoms. The van der Waals surface area contributed by atoms with E-state index in [9.17, 15) is 9.18 Å². The van der Waals surface area contributed by atoms with Gasteiger partial charge in [0, 0.05) is 9.50 Å². The summed E-state index contributed by atoms with van der Waals surface area (Å²) < 4.78 is 14.2. The predicted molar refractivity (Wildman–Crippen MR) is 83.2 cm³/mol. The van der Waals surface area contributed by atoms with Crippen LogP contribution < -0.4 is 10.6 Å². The first-order valence-corrected chi connectivity index (χ1v) is 6.99. The van der Waals surface area contributed by atoms with Crippen LogP contribution in [0.25, 0.3) is 0 Å². The van der Waals surface area contributed by atoms with Crippen molar-refractivity contribution in [3.8, 4) is 0 Å². The van der Waals surface area contributed by atoms with Crippen LogP contribution in [0.4, 0.5) is 20.6 Å². The number of nitrogens with one attached hydrogen (secondary N) is 2. The molecule has 0 aliphatic heterocycles. The summed E-state index contributed by atoms with van der Waals surface area (Å²) in [5.74, 6) is -0.549. The van der Waals surface area contributed by atoms with E-state index in [-0.39, 0.29) is 5.69 Å². The van der Waals surface area contributed by atoms with Crippen molar-refractivity contribution in [1.82, 2.24) is 0 Å². The molecule has 104 valence electrons. The van der Waals surface area contributed by atoms with Crippen molar-refractivity contribution in [2.45, 2.75) is 0 Å². The number of rotatable bonds is 2. The van der Waals surface area contributed by atoms with E-state index in [0.717, 1.165) is 0 Å². The highest BCUT2D eigenvalue weighted by molar-refractivity contribution is 9.10. The Balaban J connectivity index is 2.11. The third kappa shape index (κ3) is 3.85. The minimum Gasteiger partial charge on any atom is -0.306 e. The van der Waals surface area contributed by atoms with E-state index in [1.165, 1.54) is 18.2 Å². The van der Waals surface area contributed by atoms with Gasteiger partial charge in [0.05, 0.1) is 16.4 Å². The first-order chi connectivity index (χ1) is 9.45. The van der Waals surface area contributed by atoms with Gasteiger partial charge in [0.25, 0.3) is 0 Å². The normalized spacial score (nSPS) is 10.2. The van der Waals surface area contributed by atoms with Crippen LogP contribution in [0.5, 0.6) is 0 Å². The Bertz CT molecular complexity index is 667. The van der Waals surface area contributed by atoms with Gasteiger partial charge in [-0.1, -0.05) is 39.1 Å². The minimum atomic E-state index is -0.615. The van der Waals surface area contributed by atoms with Crippen molar-refractivity contribution in [1.29, 1.82) is 0 Å². The molecule has 20 heavy (non-hydrogen) atoms. The lowest BCUT2D eigenvalue weighted by Gasteiger charge is -2.10. The molecule has 0 fully saturated rings. The highest BCUT2D eigenvalue weighted by Gasteiger charge is 2.09. The molecule has 2 amide bonds. The number of urea groups is 1. The molecule has 0 unspecified atom stereocenters. The first kappa shape index (κ1) is 15.1. The summed E-state index contributed by atoms with van der Waals surface area (Å²) in [4.78, 5) is 11.8. The molecule has 0 atom stereocenters. The summed E-state index contributed by atoms with van der Waals surface area (Å²) >= 11 is 14.9. The molecule has 3 nitrogen and oxygen atoms in total. The molecular weight excluding hydrogens is 370 g/mol. The van der Waals surface area contributed by atoms with Gasteiger partial charge in [0.15, 0.2) is 0 Å². The Hall–Kier alpha value is -1.30. The molecule has 0 bridgehead atoms. The van der Waals surface area contributed by atoms with Crippen molar-refractivity contribution >= 4 is 56.5 Å². The van der Waals surface area contributed by atoms with Gasteiger partial charge >= 0.3 is 6.03 Å². The van der Waals surface area contributed by atoms with Crippen LogP contribution in [-0.4, -0.2) is 6.03 Å². The fraction of sp³-hybridized carbons (Fsp3) is 0. The molecule has 0 aliphatic rings. The third-order valence-electron chi connectivity index (χ3n) is 2.36. The van der Waals surface area contributed by atoms with Gasteiger partial charge in [0.1, 0.15) is 5.82 Å². The van der Waals surface area contributed by atoms with E-state index >= 15 is 0 Å². The molecule has 0 aromatic heterocycles. The lowest BCUT2D eigenvalue weighted by atomic mass is 10.3. The fourth-order valence-corrected chi connectivity index (χ4v) is 2.13. The first-order valence-electron chi connectivity index (χ1n) is 5.44. The zero-order chi connectivity index (χ0) is 14.7. The summed E-state index contributed by atoms with van der Waals surface area (Å²) in [7, 11) is 0. The summed E-state index contributed by atoms with van der Waals surface area (Å²) in [6.45, 7) is 0. The zero-order valence-corrected chi connectivity index (χ0v) is 13.0. The molecule has 2 rings (SSSR count). The third-order valence-corrected chi connectivity index (χ3v) is 3.41. The smallest absolute Gasteiger partial charge is 0.306 e. The van der Waals surface area contributed by atoms with Crippen molar-refractivity contribution in [3.63, 3.8) is 0 Å². The van der Waals surface area contributed by atoms with Crippen LogP contribution in [0.1, 0.15) is 0 Å². The van der Waals surface area contributed by atoms with Crippen LogP contribution in [0.15, 0.2) is 40.9 Å². The second-order valence-electron chi connectivity index (χ2n) is 3.83. The van der Waals surface area contributed by atoms with Gasteiger partial charge in [-0.15, -0.1) is 0 Å². The number of carbonyl (C=O) groups excluding carboxylic acids is 1. The molecular formula is C13H8BrCl2FN2O. The average Bonchev–Trinajstić information content (AvgIpc) is 2.37. The lowest BCUT2D eigenvalue weighted by Crippen LogP contribution is -2.20. The van der Waals surface area contributed by atoms with E-state index in [4.69, 9.17) is 23.2 Å². The van der Waals surface area contributed by atoms with Crippen LogP contribution in [0, 0.1) is 5.82 Å². The highest BCUT2D eigenvalue weighted by atomic mass is 79.9.